The fourth-order valence-corrected chi connectivity index (χ4v) is 6.35. The molecule has 13 heteroatoms. The van der Waals surface area contributed by atoms with E-state index in [9.17, 15) is 13.2 Å². The summed E-state index contributed by atoms with van der Waals surface area (Å²) in [4.78, 5) is 18.8. The third kappa shape index (κ3) is 7.31. The van der Waals surface area contributed by atoms with Crippen LogP contribution < -0.4 is 14.8 Å². The monoisotopic (exact) mass is 672 g/mol. The van der Waals surface area contributed by atoms with Crippen LogP contribution in [0.15, 0.2) is 70.2 Å². The highest BCUT2D eigenvalue weighted by atomic mass is 79.9. The Hall–Kier alpha value is -3.62. The highest BCUT2D eigenvalue weighted by molar-refractivity contribution is 9.10. The summed E-state index contributed by atoms with van der Waals surface area (Å²) in [6, 6.07) is 14.8. The number of aromatic nitrogens is 1. The molecule has 3 aromatic carbocycles. The van der Waals surface area contributed by atoms with E-state index in [1.54, 1.807) is 55.6 Å². The predicted molar refractivity (Wildman–Crippen MR) is 164 cm³/mol. The fourth-order valence-electron chi connectivity index (χ4n) is 4.81. The molecule has 0 amide bonds. The van der Waals surface area contributed by atoms with Crippen LogP contribution in [-0.4, -0.2) is 64.8 Å². The molecule has 0 unspecified atom stereocenters. The second kappa shape index (κ2) is 13.3. The van der Waals surface area contributed by atoms with Crippen molar-refractivity contribution in [2.75, 3.05) is 45.8 Å². The van der Waals surface area contributed by atoms with Gasteiger partial charge in [-0.15, -0.1) is 0 Å². The van der Waals surface area contributed by atoms with Crippen LogP contribution >= 0.6 is 15.9 Å². The molecule has 0 atom stereocenters. The van der Waals surface area contributed by atoms with Gasteiger partial charge in [0, 0.05) is 42.5 Å². The summed E-state index contributed by atoms with van der Waals surface area (Å²) in [5.41, 5.74) is 2.35. The average Bonchev–Trinajstić information content (AvgIpc) is 3.00. The Morgan fingerprint density at radius 1 is 1.07 bits per heavy atom. The van der Waals surface area contributed by atoms with E-state index in [1.807, 2.05) is 0 Å². The standard InChI is InChI=1S/C30H30BrFN4O6S/c1-40-24-5-3-19(4-6-24)16-34-43(38,39)27-17-33-26-15-22(31)14-25(32)28(26)29(27)35-23-12-20(11-21(13-23)30(37)41-2)18-36-7-9-42-10-8-36/h3-6,11-15,17,34H,7-10,16,18H2,1-2H3,(H,33,35). The van der Waals surface area contributed by atoms with Crippen LogP contribution in [0.5, 0.6) is 5.75 Å². The van der Waals surface area contributed by atoms with Gasteiger partial charge in [0.05, 0.1) is 49.6 Å². The number of hydrogen-bond donors (Lipinski definition) is 2. The summed E-state index contributed by atoms with van der Waals surface area (Å²) in [7, 11) is -1.38. The molecule has 43 heavy (non-hydrogen) atoms. The molecule has 2 N–H and O–H groups in total. The third-order valence-electron chi connectivity index (χ3n) is 6.96. The maximum atomic E-state index is 15.5. The van der Waals surface area contributed by atoms with E-state index in [0.717, 1.165) is 18.7 Å². The Balaban J connectivity index is 1.56. The summed E-state index contributed by atoms with van der Waals surface area (Å²) >= 11 is 3.28. The number of carbonyl (C=O) groups excluding carboxylic acids is 1. The highest BCUT2D eigenvalue weighted by Crippen LogP contribution is 2.36. The van der Waals surface area contributed by atoms with Crippen LogP contribution in [0, 0.1) is 5.82 Å². The van der Waals surface area contributed by atoms with Crippen LogP contribution in [0.2, 0.25) is 0 Å². The van der Waals surface area contributed by atoms with E-state index < -0.39 is 21.8 Å². The molecular formula is C30H30BrFN4O6S. The zero-order chi connectivity index (χ0) is 30.6. The van der Waals surface area contributed by atoms with Gasteiger partial charge in [-0.2, -0.15) is 0 Å². The molecule has 10 nitrogen and oxygen atoms in total. The fraction of sp³-hybridized carbons (Fsp3) is 0.267. The molecule has 1 fully saturated rings. The Morgan fingerprint density at radius 2 is 1.81 bits per heavy atom. The first kappa shape index (κ1) is 30.8. The Morgan fingerprint density at radius 3 is 2.51 bits per heavy atom. The number of carbonyl (C=O) groups is 1. The number of pyridine rings is 1. The van der Waals surface area contributed by atoms with Gasteiger partial charge in [0.1, 0.15) is 16.5 Å². The normalized spacial score (nSPS) is 14.0. The Kier molecular flexibility index (Phi) is 9.57. The topological polar surface area (TPSA) is 119 Å². The van der Waals surface area contributed by atoms with Crippen LogP contribution in [-0.2, 0) is 32.6 Å². The van der Waals surface area contributed by atoms with Crippen LogP contribution in [0.1, 0.15) is 21.5 Å². The van der Waals surface area contributed by atoms with Gasteiger partial charge in [-0.1, -0.05) is 28.1 Å². The number of benzene rings is 3. The van der Waals surface area contributed by atoms with Crippen molar-refractivity contribution in [2.24, 2.45) is 0 Å². The predicted octanol–water partition coefficient (Wildman–Crippen LogP) is 4.99. The average molecular weight is 674 g/mol. The number of anilines is 2. The summed E-state index contributed by atoms with van der Waals surface area (Å²) in [5, 5.41) is 3.09. The summed E-state index contributed by atoms with van der Waals surface area (Å²) in [6.07, 6.45) is 1.19. The maximum absolute atomic E-state index is 15.5. The molecule has 1 aromatic heterocycles. The quantitative estimate of drug-likeness (QED) is 0.225. The van der Waals surface area contributed by atoms with Crippen molar-refractivity contribution in [3.05, 3.63) is 87.8 Å². The minimum atomic E-state index is -4.21. The van der Waals surface area contributed by atoms with Gasteiger partial charge in [-0.05, 0) is 53.6 Å². The molecule has 5 rings (SSSR count). The van der Waals surface area contributed by atoms with E-state index in [0.29, 0.717) is 41.2 Å². The lowest BCUT2D eigenvalue weighted by Gasteiger charge is -2.27. The van der Waals surface area contributed by atoms with Crippen molar-refractivity contribution in [1.82, 2.24) is 14.6 Å². The second-order valence-electron chi connectivity index (χ2n) is 9.88. The first-order valence-electron chi connectivity index (χ1n) is 13.4. The zero-order valence-corrected chi connectivity index (χ0v) is 25.9. The lowest BCUT2D eigenvalue weighted by atomic mass is 10.1. The van der Waals surface area contributed by atoms with Gasteiger partial charge in [-0.3, -0.25) is 9.88 Å². The summed E-state index contributed by atoms with van der Waals surface area (Å²) < 4.78 is 61.5. The number of fused-ring (bicyclic) bond motifs is 1. The molecule has 2 heterocycles. The number of methoxy groups -OCH3 is 2. The van der Waals surface area contributed by atoms with Crippen LogP contribution in [0.4, 0.5) is 15.8 Å². The lowest BCUT2D eigenvalue weighted by molar-refractivity contribution is 0.0341. The second-order valence-corrected chi connectivity index (χ2v) is 12.5. The lowest BCUT2D eigenvalue weighted by Crippen LogP contribution is -2.35. The van der Waals surface area contributed by atoms with Crippen molar-refractivity contribution in [3.63, 3.8) is 0 Å². The van der Waals surface area contributed by atoms with Gasteiger partial charge in [-0.25, -0.2) is 22.3 Å². The molecule has 1 aliphatic rings. The van der Waals surface area contributed by atoms with E-state index in [2.05, 4.69) is 35.9 Å². The maximum Gasteiger partial charge on any atom is 0.337 e. The van der Waals surface area contributed by atoms with E-state index in [1.165, 1.54) is 19.4 Å². The van der Waals surface area contributed by atoms with Crippen molar-refractivity contribution >= 4 is 54.2 Å². The molecule has 0 bridgehead atoms. The van der Waals surface area contributed by atoms with Crippen LogP contribution in [0.25, 0.3) is 10.9 Å². The molecule has 0 saturated carbocycles. The van der Waals surface area contributed by atoms with Crippen molar-refractivity contribution in [3.8, 4) is 5.75 Å². The van der Waals surface area contributed by atoms with Crippen LogP contribution in [0.3, 0.4) is 0 Å². The largest absolute Gasteiger partial charge is 0.497 e. The number of halogens is 2. The number of esters is 1. The van der Waals surface area contributed by atoms with E-state index in [4.69, 9.17) is 14.2 Å². The van der Waals surface area contributed by atoms with Gasteiger partial charge < -0.3 is 19.5 Å². The van der Waals surface area contributed by atoms with Gasteiger partial charge in [0.25, 0.3) is 0 Å². The molecule has 1 aliphatic heterocycles. The first-order valence-corrected chi connectivity index (χ1v) is 15.6. The summed E-state index contributed by atoms with van der Waals surface area (Å²) in [6.45, 7) is 3.16. The summed E-state index contributed by atoms with van der Waals surface area (Å²) in [5.74, 6) is -0.597. The SMILES string of the molecule is COC(=O)c1cc(CN2CCOCC2)cc(Nc2c(S(=O)(=O)NCc3ccc(OC)cc3)cnc3cc(Br)cc(F)c23)c1. The number of morpholine rings is 1. The molecule has 226 valence electrons. The molecule has 4 aromatic rings. The van der Waals surface area contributed by atoms with E-state index in [-0.39, 0.29) is 33.6 Å². The number of nitrogens with zero attached hydrogens (tertiary/aromatic N) is 2. The number of hydrogen-bond acceptors (Lipinski definition) is 9. The van der Waals surface area contributed by atoms with Gasteiger partial charge in [0.2, 0.25) is 10.0 Å². The third-order valence-corrected chi connectivity index (χ3v) is 8.83. The molecule has 1 saturated heterocycles. The molecular weight excluding hydrogens is 643 g/mol. The number of rotatable bonds is 10. The first-order chi connectivity index (χ1) is 20.7. The van der Waals surface area contributed by atoms with Gasteiger partial charge >= 0.3 is 5.97 Å². The molecule has 0 spiro atoms. The van der Waals surface area contributed by atoms with Gasteiger partial charge in [0.15, 0.2) is 0 Å². The zero-order valence-electron chi connectivity index (χ0n) is 23.5. The van der Waals surface area contributed by atoms with E-state index >= 15 is 4.39 Å². The number of nitrogens with one attached hydrogen (secondary N) is 2. The van der Waals surface area contributed by atoms with Crippen molar-refractivity contribution < 1.29 is 31.8 Å². The highest BCUT2D eigenvalue weighted by Gasteiger charge is 2.25. The Labute approximate surface area is 257 Å². The minimum Gasteiger partial charge on any atom is -0.497 e. The smallest absolute Gasteiger partial charge is 0.337 e. The molecule has 0 aliphatic carbocycles. The minimum absolute atomic E-state index is 0.0171. The molecule has 0 radical (unpaired) electrons. The van der Waals surface area contributed by atoms with Crippen molar-refractivity contribution in [1.29, 1.82) is 0 Å². The number of sulfonamides is 1. The Bertz CT molecular complexity index is 1750. The van der Waals surface area contributed by atoms with Crippen molar-refractivity contribution in [2.45, 2.75) is 18.0 Å². The number of ether oxygens (including phenoxy) is 3.